The van der Waals surface area contributed by atoms with Crippen LogP contribution < -0.4 is 0 Å². The van der Waals surface area contributed by atoms with Crippen LogP contribution in [0.1, 0.15) is 84.0 Å². The summed E-state index contributed by atoms with van der Waals surface area (Å²) in [4.78, 5) is 37.1. The molecular formula is C16H37NNa4O6P2. The molecule has 0 atom stereocenters. The molecule has 0 fully saturated rings. The summed E-state index contributed by atoms with van der Waals surface area (Å²) >= 11 is 0. The van der Waals surface area contributed by atoms with Gasteiger partial charge in [0.1, 0.15) is 12.6 Å². The van der Waals surface area contributed by atoms with Gasteiger partial charge in [0.25, 0.3) is 0 Å². The van der Waals surface area contributed by atoms with Crippen LogP contribution in [0, 0.1) is 0 Å². The zero-order valence-electron chi connectivity index (χ0n) is 19.6. The molecule has 156 valence electrons. The normalized spacial score (nSPS) is 11.1. The summed E-state index contributed by atoms with van der Waals surface area (Å²) in [6, 6.07) is 0. The van der Waals surface area contributed by atoms with E-state index in [1.807, 2.05) is 0 Å². The molecule has 7 nitrogen and oxygen atoms in total. The zero-order valence-corrected chi connectivity index (χ0v) is 29.3. The van der Waals surface area contributed by atoms with Crippen LogP contribution in [0.4, 0.5) is 0 Å². The van der Waals surface area contributed by atoms with Crippen molar-refractivity contribution in [2.75, 3.05) is 19.1 Å². The molecule has 0 bridgehead atoms. The summed E-state index contributed by atoms with van der Waals surface area (Å²) < 4.78 is 22.1. The Morgan fingerprint density at radius 3 is 1.10 bits per heavy atom. The van der Waals surface area contributed by atoms with Crippen molar-refractivity contribution in [3.63, 3.8) is 0 Å². The average Bonchev–Trinajstić information content (AvgIpc) is 2.45. The van der Waals surface area contributed by atoms with Crippen molar-refractivity contribution in [1.29, 1.82) is 0 Å². The van der Waals surface area contributed by atoms with Crippen LogP contribution in [-0.4, -0.2) is 162 Å². The molecule has 4 N–H and O–H groups in total. The Morgan fingerprint density at radius 2 is 0.828 bits per heavy atom. The zero-order chi connectivity index (χ0) is 19.2. The molecule has 0 spiro atoms. The van der Waals surface area contributed by atoms with Crippen molar-refractivity contribution < 1.29 is 28.7 Å². The number of nitrogens with zero attached hydrogens (tertiary/aromatic N) is 1. The van der Waals surface area contributed by atoms with Crippen LogP contribution in [0.2, 0.25) is 0 Å². The van der Waals surface area contributed by atoms with Crippen LogP contribution in [0.3, 0.4) is 0 Å². The van der Waals surface area contributed by atoms with Crippen molar-refractivity contribution in [1.82, 2.24) is 4.90 Å². The molecule has 0 saturated carbocycles. The molecular weight excluding hydrogens is 456 g/mol. The predicted molar refractivity (Wildman–Crippen MR) is 125 cm³/mol. The molecule has 0 aliphatic rings. The standard InChI is InChI=1S/C16H37NO6P2.4Na/c1-2-3-4-5-6-7-8-9-10-11-12-13-14-17(15-24(18,19)20)16-25(21,22)23;;;;/h2-16H2,1H3,(H2,18,19,20)(H2,21,22,23);;;;. The first-order valence-corrected chi connectivity index (χ1v) is 13.0. The summed E-state index contributed by atoms with van der Waals surface area (Å²) in [5.41, 5.74) is 0. The average molecular weight is 493 g/mol. The third-order valence-corrected chi connectivity index (χ3v) is 5.63. The molecule has 0 rings (SSSR count). The first kappa shape index (κ1) is 43.3. The van der Waals surface area contributed by atoms with Crippen LogP contribution in [0.5, 0.6) is 0 Å². The molecule has 0 aliphatic carbocycles. The van der Waals surface area contributed by atoms with Gasteiger partial charge in [-0.1, -0.05) is 77.6 Å². The summed E-state index contributed by atoms with van der Waals surface area (Å²) in [5.74, 6) is 0. The number of unbranched alkanes of at least 4 members (excludes halogenated alkanes) is 11. The maximum absolute atomic E-state index is 11.0. The second-order valence-corrected chi connectivity index (χ2v) is 10.1. The molecule has 4 radical (unpaired) electrons. The Labute approximate surface area is 266 Å². The molecule has 0 unspecified atom stereocenters. The van der Waals surface area contributed by atoms with E-state index in [0.29, 0.717) is 13.0 Å². The third-order valence-electron chi connectivity index (χ3n) is 4.10. The van der Waals surface area contributed by atoms with Gasteiger partial charge < -0.3 is 19.6 Å². The maximum Gasteiger partial charge on any atom is 0.339 e. The fraction of sp³-hybridized carbons (Fsp3) is 1.00. The molecule has 0 amide bonds. The SMILES string of the molecule is CCCCCCCCCCCCCCN(CP(=O)(O)O)CP(=O)(O)O.[Na].[Na].[Na].[Na]. The van der Waals surface area contributed by atoms with Gasteiger partial charge in [0.2, 0.25) is 0 Å². The van der Waals surface area contributed by atoms with Crippen LogP contribution in [0.15, 0.2) is 0 Å². The van der Waals surface area contributed by atoms with Gasteiger partial charge in [-0.2, -0.15) is 0 Å². The van der Waals surface area contributed by atoms with E-state index in [1.165, 1.54) is 56.3 Å². The fourth-order valence-electron chi connectivity index (χ4n) is 2.88. The monoisotopic (exact) mass is 493 g/mol. The van der Waals surface area contributed by atoms with E-state index in [9.17, 15) is 9.13 Å². The van der Waals surface area contributed by atoms with E-state index >= 15 is 0 Å². The molecule has 0 aromatic carbocycles. The van der Waals surface area contributed by atoms with Crippen molar-refractivity contribution in [3.05, 3.63) is 0 Å². The molecule has 0 aromatic heterocycles. The minimum Gasteiger partial charge on any atom is -0.324 e. The second-order valence-electron chi connectivity index (χ2n) is 6.90. The second kappa shape index (κ2) is 26.9. The minimum absolute atomic E-state index is 0. The van der Waals surface area contributed by atoms with Crippen molar-refractivity contribution in [3.8, 4) is 0 Å². The Morgan fingerprint density at radius 1 is 0.552 bits per heavy atom. The van der Waals surface area contributed by atoms with Crippen LogP contribution in [0.25, 0.3) is 0 Å². The molecule has 29 heavy (non-hydrogen) atoms. The van der Waals surface area contributed by atoms with Gasteiger partial charge >= 0.3 is 15.2 Å². The van der Waals surface area contributed by atoms with Gasteiger partial charge in [0.15, 0.2) is 0 Å². The van der Waals surface area contributed by atoms with Gasteiger partial charge in [0.05, 0.1) is 0 Å². The minimum atomic E-state index is -4.31. The Balaban J connectivity index is -0.000000480. The maximum atomic E-state index is 11.0. The van der Waals surface area contributed by atoms with Crippen molar-refractivity contribution in [2.24, 2.45) is 0 Å². The molecule has 0 aromatic rings. The summed E-state index contributed by atoms with van der Waals surface area (Å²) in [6.45, 7) is 2.52. The van der Waals surface area contributed by atoms with Gasteiger partial charge in [-0.25, -0.2) is 0 Å². The summed E-state index contributed by atoms with van der Waals surface area (Å²) in [6.07, 6.45) is 13.0. The Bertz CT molecular complexity index is 402. The number of hydrogen-bond donors (Lipinski definition) is 4. The third kappa shape index (κ3) is 37.0. The molecule has 0 heterocycles. The van der Waals surface area contributed by atoms with Gasteiger partial charge in [-0.15, -0.1) is 0 Å². The van der Waals surface area contributed by atoms with E-state index in [4.69, 9.17) is 19.6 Å². The van der Waals surface area contributed by atoms with Crippen molar-refractivity contribution >= 4 is 133 Å². The van der Waals surface area contributed by atoms with Gasteiger partial charge in [0, 0.05) is 118 Å². The fourth-order valence-corrected chi connectivity index (χ4v) is 4.57. The van der Waals surface area contributed by atoms with Crippen molar-refractivity contribution in [2.45, 2.75) is 84.0 Å². The topological polar surface area (TPSA) is 118 Å². The molecule has 0 saturated heterocycles. The van der Waals surface area contributed by atoms with Crippen LogP contribution in [-0.2, 0) is 9.13 Å². The first-order chi connectivity index (χ1) is 11.6. The quantitative estimate of drug-likeness (QED) is 0.140. The van der Waals surface area contributed by atoms with Gasteiger partial charge in [-0.05, 0) is 13.0 Å². The van der Waals surface area contributed by atoms with E-state index < -0.39 is 27.8 Å². The van der Waals surface area contributed by atoms with E-state index in [0.717, 1.165) is 19.3 Å². The first-order valence-electron chi connectivity index (χ1n) is 9.45. The molecule has 0 aliphatic heterocycles. The van der Waals surface area contributed by atoms with E-state index in [-0.39, 0.29) is 118 Å². The van der Waals surface area contributed by atoms with E-state index in [2.05, 4.69) is 6.92 Å². The largest absolute Gasteiger partial charge is 0.339 e. The van der Waals surface area contributed by atoms with Gasteiger partial charge in [-0.3, -0.25) is 14.0 Å². The number of rotatable bonds is 17. The smallest absolute Gasteiger partial charge is 0.324 e. The summed E-state index contributed by atoms with van der Waals surface area (Å²) in [5, 5.41) is 0. The van der Waals surface area contributed by atoms with E-state index in [1.54, 1.807) is 0 Å². The Hall–Kier alpha value is 4.26. The summed E-state index contributed by atoms with van der Waals surface area (Å²) in [7, 11) is -8.62. The molecule has 13 heteroatoms. The number of hydrogen-bond acceptors (Lipinski definition) is 3. The Kier molecular flexibility index (Phi) is 40.1. The van der Waals surface area contributed by atoms with Crippen LogP contribution >= 0.6 is 15.2 Å². The predicted octanol–water partition coefficient (Wildman–Crippen LogP) is 2.74.